The molecule has 5 heteroatoms. The molecule has 0 aliphatic carbocycles. The minimum atomic E-state index is -0.602. The van der Waals surface area contributed by atoms with Gasteiger partial charge in [-0.1, -0.05) is 18.2 Å². The predicted molar refractivity (Wildman–Crippen MR) is 65.7 cm³/mol. The molecule has 1 aromatic carbocycles. The Balaban J connectivity index is 2.34. The third-order valence-electron chi connectivity index (χ3n) is 2.33. The number of nitrogens with zero attached hydrogens (tertiary/aromatic N) is 1. The van der Waals surface area contributed by atoms with Gasteiger partial charge in [-0.2, -0.15) is 0 Å². The second-order valence-electron chi connectivity index (χ2n) is 3.65. The second kappa shape index (κ2) is 4.75. The van der Waals surface area contributed by atoms with Crippen molar-refractivity contribution < 1.29 is 19.4 Å². The normalized spacial score (nSPS) is 10.9. The van der Waals surface area contributed by atoms with Crippen LogP contribution in [-0.2, 0) is 0 Å². The fourth-order valence-corrected chi connectivity index (χ4v) is 1.48. The number of carbonyl (C=O) groups is 1. The summed E-state index contributed by atoms with van der Waals surface area (Å²) in [4.78, 5) is 15.2. The van der Waals surface area contributed by atoms with Crippen molar-refractivity contribution in [3.8, 4) is 11.7 Å². The van der Waals surface area contributed by atoms with Gasteiger partial charge in [-0.15, -0.1) is 0 Å². The molecule has 1 heterocycles. The lowest BCUT2D eigenvalue weighted by atomic mass is 10.2. The van der Waals surface area contributed by atoms with E-state index in [1.165, 1.54) is 13.1 Å². The Morgan fingerprint density at radius 3 is 2.50 bits per heavy atom. The number of rotatable bonds is 3. The highest BCUT2D eigenvalue weighted by molar-refractivity contribution is 6.01. The van der Waals surface area contributed by atoms with Gasteiger partial charge in [-0.3, -0.25) is 9.79 Å². The quantitative estimate of drug-likeness (QED) is 0.643. The molecule has 0 aliphatic rings. The van der Waals surface area contributed by atoms with E-state index in [9.17, 15) is 15.0 Å². The van der Waals surface area contributed by atoms with Crippen LogP contribution in [0.25, 0.3) is 0 Å². The zero-order valence-electron chi connectivity index (χ0n) is 9.62. The first-order chi connectivity index (χ1) is 8.59. The van der Waals surface area contributed by atoms with E-state index < -0.39 is 17.5 Å². The lowest BCUT2D eigenvalue weighted by Crippen LogP contribution is -1.89. The first-order valence-electron chi connectivity index (χ1n) is 5.24. The Hall–Kier alpha value is -2.56. The third-order valence-corrected chi connectivity index (χ3v) is 2.33. The van der Waals surface area contributed by atoms with Gasteiger partial charge < -0.3 is 14.6 Å². The van der Waals surface area contributed by atoms with Gasteiger partial charge in [0.1, 0.15) is 5.56 Å². The number of para-hydroxylation sites is 1. The van der Waals surface area contributed by atoms with Crippen molar-refractivity contribution in [1.82, 2.24) is 0 Å². The molecule has 1 aromatic heterocycles. The summed E-state index contributed by atoms with van der Waals surface area (Å²) in [7, 11) is 0. The summed E-state index contributed by atoms with van der Waals surface area (Å²) in [6.45, 7) is 1.22. The van der Waals surface area contributed by atoms with E-state index in [0.29, 0.717) is 5.69 Å². The number of ketones is 1. The molecule has 5 nitrogen and oxygen atoms in total. The van der Waals surface area contributed by atoms with Crippen molar-refractivity contribution in [1.29, 1.82) is 0 Å². The van der Waals surface area contributed by atoms with Crippen molar-refractivity contribution in [2.75, 3.05) is 0 Å². The van der Waals surface area contributed by atoms with Crippen LogP contribution in [-0.4, -0.2) is 22.2 Å². The maximum absolute atomic E-state index is 11.2. The van der Waals surface area contributed by atoms with Crippen LogP contribution >= 0.6 is 0 Å². The highest BCUT2D eigenvalue weighted by Crippen LogP contribution is 2.33. The number of hydrogen-bond donors (Lipinski definition) is 2. The molecule has 0 unspecified atom stereocenters. The SMILES string of the molecule is CC(=O)c1c(O)oc(C=Nc2ccccc2)c1O. The molecule has 0 spiro atoms. The van der Waals surface area contributed by atoms with Crippen molar-refractivity contribution in [3.63, 3.8) is 0 Å². The van der Waals surface area contributed by atoms with Gasteiger partial charge in [0.25, 0.3) is 5.95 Å². The predicted octanol–water partition coefficient (Wildman–Crippen LogP) is 2.64. The van der Waals surface area contributed by atoms with Gasteiger partial charge in [-0.05, 0) is 19.1 Å². The molecular formula is C13H11NO4. The Kier molecular flexibility index (Phi) is 3.14. The molecule has 0 amide bonds. The summed E-state index contributed by atoms with van der Waals surface area (Å²) < 4.78 is 4.86. The minimum Gasteiger partial charge on any atom is -0.504 e. The molecule has 0 aliphatic heterocycles. The molecule has 0 saturated heterocycles. The van der Waals surface area contributed by atoms with Gasteiger partial charge in [0, 0.05) is 0 Å². The molecule has 0 saturated carbocycles. The standard InChI is InChI=1S/C13H11NO4/c1-8(15)11-12(16)10(18-13(11)17)7-14-9-5-3-2-4-6-9/h2-7,16-17H,1H3. The highest BCUT2D eigenvalue weighted by Gasteiger charge is 2.21. The fraction of sp³-hybridized carbons (Fsp3) is 0.0769. The number of furan rings is 1. The Bertz CT molecular complexity index is 599. The topological polar surface area (TPSA) is 83.0 Å². The summed E-state index contributed by atoms with van der Waals surface area (Å²) in [5.41, 5.74) is 0.432. The third kappa shape index (κ3) is 2.24. The first-order valence-corrected chi connectivity index (χ1v) is 5.24. The number of aliphatic imine (C=N–C) groups is 1. The summed E-state index contributed by atoms with van der Waals surface area (Å²) in [5, 5.41) is 19.1. The molecule has 2 N–H and O–H groups in total. The Labute approximate surface area is 103 Å². The van der Waals surface area contributed by atoms with Gasteiger partial charge in [0.15, 0.2) is 17.3 Å². The van der Waals surface area contributed by atoms with E-state index in [-0.39, 0.29) is 11.3 Å². The van der Waals surface area contributed by atoms with Crippen LogP contribution in [0.1, 0.15) is 23.0 Å². The molecule has 0 fully saturated rings. The van der Waals surface area contributed by atoms with Gasteiger partial charge >= 0.3 is 0 Å². The number of hydrogen-bond acceptors (Lipinski definition) is 5. The van der Waals surface area contributed by atoms with Crippen molar-refractivity contribution in [2.24, 2.45) is 4.99 Å². The van der Waals surface area contributed by atoms with Gasteiger partial charge in [0.2, 0.25) is 0 Å². The maximum atomic E-state index is 11.2. The second-order valence-corrected chi connectivity index (χ2v) is 3.65. The number of aromatic hydroxyl groups is 2. The van der Waals surface area contributed by atoms with Crippen molar-refractivity contribution in [3.05, 3.63) is 41.7 Å². The fourth-order valence-electron chi connectivity index (χ4n) is 1.48. The Morgan fingerprint density at radius 1 is 1.28 bits per heavy atom. The molecule has 2 aromatic rings. The first kappa shape index (κ1) is 11.9. The minimum absolute atomic E-state index is 0.0541. The molecule has 92 valence electrons. The van der Waals surface area contributed by atoms with Crippen molar-refractivity contribution in [2.45, 2.75) is 6.92 Å². The molecular weight excluding hydrogens is 234 g/mol. The zero-order valence-corrected chi connectivity index (χ0v) is 9.62. The summed E-state index contributed by atoms with van der Waals surface area (Å²) in [6, 6.07) is 9.01. The van der Waals surface area contributed by atoms with E-state index in [1.54, 1.807) is 12.1 Å². The van der Waals surface area contributed by atoms with E-state index in [1.807, 2.05) is 18.2 Å². The molecule has 0 bridgehead atoms. The van der Waals surface area contributed by atoms with Crippen LogP contribution in [0.3, 0.4) is 0 Å². The van der Waals surface area contributed by atoms with Crippen LogP contribution in [0.15, 0.2) is 39.7 Å². The Morgan fingerprint density at radius 2 is 1.94 bits per heavy atom. The van der Waals surface area contributed by atoms with E-state index >= 15 is 0 Å². The molecule has 0 atom stereocenters. The summed E-state index contributed by atoms with van der Waals surface area (Å²) in [5.74, 6) is -1.54. The van der Waals surface area contributed by atoms with Gasteiger partial charge in [-0.25, -0.2) is 0 Å². The molecule has 18 heavy (non-hydrogen) atoms. The molecule has 0 radical (unpaired) electrons. The number of carbonyl (C=O) groups excluding carboxylic acids is 1. The summed E-state index contributed by atoms with van der Waals surface area (Å²) in [6.07, 6.45) is 1.25. The number of Topliss-reactive ketones (excluding diaryl/α,β-unsaturated/α-hetero) is 1. The zero-order chi connectivity index (χ0) is 13.1. The van der Waals surface area contributed by atoms with E-state index in [2.05, 4.69) is 4.99 Å². The van der Waals surface area contributed by atoms with Crippen LogP contribution in [0, 0.1) is 0 Å². The number of benzene rings is 1. The van der Waals surface area contributed by atoms with E-state index in [4.69, 9.17) is 4.42 Å². The lowest BCUT2D eigenvalue weighted by molar-refractivity contribution is 0.101. The van der Waals surface area contributed by atoms with Crippen LogP contribution < -0.4 is 0 Å². The van der Waals surface area contributed by atoms with E-state index in [0.717, 1.165) is 0 Å². The van der Waals surface area contributed by atoms with Crippen LogP contribution in [0.4, 0.5) is 5.69 Å². The average Bonchev–Trinajstić information content (AvgIpc) is 2.63. The summed E-state index contributed by atoms with van der Waals surface area (Å²) >= 11 is 0. The highest BCUT2D eigenvalue weighted by atomic mass is 16.5. The smallest absolute Gasteiger partial charge is 0.297 e. The largest absolute Gasteiger partial charge is 0.504 e. The van der Waals surface area contributed by atoms with Crippen LogP contribution in [0.5, 0.6) is 11.7 Å². The van der Waals surface area contributed by atoms with Crippen LogP contribution in [0.2, 0.25) is 0 Å². The lowest BCUT2D eigenvalue weighted by Gasteiger charge is -1.91. The monoisotopic (exact) mass is 245 g/mol. The average molecular weight is 245 g/mol. The molecule has 2 rings (SSSR count). The van der Waals surface area contributed by atoms with Crippen molar-refractivity contribution >= 4 is 17.7 Å². The van der Waals surface area contributed by atoms with Gasteiger partial charge in [0.05, 0.1) is 11.9 Å². The maximum Gasteiger partial charge on any atom is 0.297 e.